The molecule has 0 heterocycles. The van der Waals surface area contributed by atoms with Crippen LogP contribution in [0.2, 0.25) is 0 Å². The van der Waals surface area contributed by atoms with Gasteiger partial charge in [-0.3, -0.25) is 0 Å². The molecule has 0 N–H and O–H groups in total. The van der Waals surface area contributed by atoms with Gasteiger partial charge >= 0.3 is 0 Å². The second-order valence-electron chi connectivity index (χ2n) is 5.22. The maximum atomic E-state index is 2.50. The van der Waals surface area contributed by atoms with Gasteiger partial charge in [-0.2, -0.15) is 0 Å². The summed E-state index contributed by atoms with van der Waals surface area (Å²) in [6, 6.07) is 0. The zero-order valence-corrected chi connectivity index (χ0v) is 9.99. The molecule has 0 aromatic heterocycles. The summed E-state index contributed by atoms with van der Waals surface area (Å²) in [7, 11) is 0. The fourth-order valence-electron chi connectivity index (χ4n) is 3.00. The SMILES string of the molecule is CCCCCCC=CC1CC2C=CC1C2. The molecule has 15 heavy (non-hydrogen) atoms. The van der Waals surface area contributed by atoms with Crippen molar-refractivity contribution in [2.75, 3.05) is 0 Å². The highest BCUT2D eigenvalue weighted by molar-refractivity contribution is 5.14. The molecule has 0 aliphatic heterocycles. The van der Waals surface area contributed by atoms with Gasteiger partial charge in [0.15, 0.2) is 0 Å². The molecule has 3 unspecified atom stereocenters. The molecule has 3 atom stereocenters. The molecule has 2 rings (SSSR count). The molecule has 2 aliphatic carbocycles. The van der Waals surface area contributed by atoms with Gasteiger partial charge in [0.2, 0.25) is 0 Å². The van der Waals surface area contributed by atoms with E-state index in [9.17, 15) is 0 Å². The second-order valence-corrected chi connectivity index (χ2v) is 5.22. The van der Waals surface area contributed by atoms with E-state index in [4.69, 9.17) is 0 Å². The summed E-state index contributed by atoms with van der Waals surface area (Å²) in [6.07, 6.45) is 19.5. The molecule has 0 aromatic rings. The van der Waals surface area contributed by atoms with Crippen LogP contribution in [0.25, 0.3) is 0 Å². The van der Waals surface area contributed by atoms with Crippen LogP contribution in [0.4, 0.5) is 0 Å². The summed E-state index contributed by atoms with van der Waals surface area (Å²) in [5.74, 6) is 2.69. The van der Waals surface area contributed by atoms with Crippen molar-refractivity contribution in [2.45, 2.75) is 51.9 Å². The highest BCUT2D eigenvalue weighted by Gasteiger charge is 2.33. The van der Waals surface area contributed by atoms with Crippen molar-refractivity contribution in [3.05, 3.63) is 24.3 Å². The zero-order chi connectivity index (χ0) is 10.5. The Morgan fingerprint density at radius 1 is 1.13 bits per heavy atom. The van der Waals surface area contributed by atoms with E-state index in [2.05, 4.69) is 31.2 Å². The molecular formula is C15H24. The minimum absolute atomic E-state index is 0.881. The Bertz CT molecular complexity index is 236. The fraction of sp³-hybridized carbons (Fsp3) is 0.733. The minimum atomic E-state index is 0.881. The standard InChI is InChI=1S/C15H24/c1-2-3-4-5-6-7-8-14-11-13-9-10-15(14)12-13/h7-10,13-15H,2-6,11-12H2,1H3. The molecule has 0 radical (unpaired) electrons. The Morgan fingerprint density at radius 2 is 2.07 bits per heavy atom. The summed E-state index contributed by atoms with van der Waals surface area (Å²) in [4.78, 5) is 0. The Balaban J connectivity index is 1.61. The van der Waals surface area contributed by atoms with Gasteiger partial charge in [-0.25, -0.2) is 0 Å². The van der Waals surface area contributed by atoms with E-state index in [0.717, 1.165) is 17.8 Å². The predicted molar refractivity (Wildman–Crippen MR) is 66.7 cm³/mol. The van der Waals surface area contributed by atoms with Crippen molar-refractivity contribution in [2.24, 2.45) is 17.8 Å². The first kappa shape index (κ1) is 11.0. The van der Waals surface area contributed by atoms with Crippen molar-refractivity contribution in [1.29, 1.82) is 0 Å². The number of hydrogen-bond acceptors (Lipinski definition) is 0. The van der Waals surface area contributed by atoms with Gasteiger partial charge in [0.25, 0.3) is 0 Å². The Hall–Kier alpha value is -0.520. The number of unbranched alkanes of at least 4 members (excludes halogenated alkanes) is 4. The summed E-state index contributed by atoms with van der Waals surface area (Å²) in [5.41, 5.74) is 0. The van der Waals surface area contributed by atoms with Crippen molar-refractivity contribution in [1.82, 2.24) is 0 Å². The summed E-state index contributed by atoms with van der Waals surface area (Å²) in [5, 5.41) is 0. The van der Waals surface area contributed by atoms with Gasteiger partial charge in [-0.15, -0.1) is 0 Å². The normalized spacial score (nSPS) is 33.3. The first-order valence-corrected chi connectivity index (χ1v) is 6.75. The van der Waals surface area contributed by atoms with Crippen LogP contribution in [0.3, 0.4) is 0 Å². The summed E-state index contributed by atoms with van der Waals surface area (Å²) in [6.45, 7) is 2.28. The van der Waals surface area contributed by atoms with E-state index in [1.165, 1.54) is 44.9 Å². The van der Waals surface area contributed by atoms with Crippen LogP contribution in [0, 0.1) is 17.8 Å². The lowest BCUT2D eigenvalue weighted by molar-refractivity contribution is 0.547. The third-order valence-electron chi connectivity index (χ3n) is 3.94. The lowest BCUT2D eigenvalue weighted by Crippen LogP contribution is -2.02. The third-order valence-corrected chi connectivity index (χ3v) is 3.94. The lowest BCUT2D eigenvalue weighted by atomic mass is 9.93. The van der Waals surface area contributed by atoms with Gasteiger partial charge in [0.05, 0.1) is 0 Å². The van der Waals surface area contributed by atoms with Crippen LogP contribution < -0.4 is 0 Å². The molecule has 0 spiro atoms. The first-order chi connectivity index (χ1) is 7.40. The van der Waals surface area contributed by atoms with Gasteiger partial charge in [-0.05, 0) is 43.4 Å². The van der Waals surface area contributed by atoms with Crippen molar-refractivity contribution in [3.63, 3.8) is 0 Å². The van der Waals surface area contributed by atoms with Crippen molar-refractivity contribution in [3.8, 4) is 0 Å². The van der Waals surface area contributed by atoms with Gasteiger partial charge in [0, 0.05) is 0 Å². The maximum Gasteiger partial charge on any atom is -0.0165 e. The average molecular weight is 204 g/mol. The predicted octanol–water partition coefficient (Wildman–Crippen LogP) is 4.73. The van der Waals surface area contributed by atoms with E-state index in [0.29, 0.717) is 0 Å². The molecule has 0 heteroatoms. The molecule has 0 nitrogen and oxygen atoms in total. The molecular weight excluding hydrogens is 180 g/mol. The van der Waals surface area contributed by atoms with Crippen LogP contribution in [0.1, 0.15) is 51.9 Å². The van der Waals surface area contributed by atoms with Gasteiger partial charge in [0.1, 0.15) is 0 Å². The van der Waals surface area contributed by atoms with E-state index in [1.54, 1.807) is 0 Å². The van der Waals surface area contributed by atoms with E-state index in [-0.39, 0.29) is 0 Å². The molecule has 2 bridgehead atoms. The maximum absolute atomic E-state index is 2.50. The van der Waals surface area contributed by atoms with Crippen LogP contribution in [-0.2, 0) is 0 Å². The zero-order valence-electron chi connectivity index (χ0n) is 9.99. The molecule has 84 valence electrons. The number of fused-ring (bicyclic) bond motifs is 2. The number of rotatable bonds is 6. The second kappa shape index (κ2) is 5.53. The monoisotopic (exact) mass is 204 g/mol. The largest absolute Gasteiger partial charge is 0.0882 e. The van der Waals surface area contributed by atoms with E-state index in [1.807, 2.05) is 0 Å². The fourth-order valence-corrected chi connectivity index (χ4v) is 3.00. The van der Waals surface area contributed by atoms with E-state index < -0.39 is 0 Å². The Morgan fingerprint density at radius 3 is 2.73 bits per heavy atom. The van der Waals surface area contributed by atoms with Crippen LogP contribution in [0.5, 0.6) is 0 Å². The molecule has 0 saturated heterocycles. The molecule has 0 amide bonds. The van der Waals surface area contributed by atoms with Crippen molar-refractivity contribution < 1.29 is 0 Å². The third kappa shape index (κ3) is 2.96. The average Bonchev–Trinajstić information content (AvgIpc) is 2.85. The summed E-state index contributed by atoms with van der Waals surface area (Å²) >= 11 is 0. The Kier molecular flexibility index (Phi) is 4.05. The van der Waals surface area contributed by atoms with Crippen LogP contribution in [0.15, 0.2) is 24.3 Å². The lowest BCUT2D eigenvalue weighted by Gasteiger charge is -2.12. The van der Waals surface area contributed by atoms with Gasteiger partial charge < -0.3 is 0 Å². The number of allylic oxidation sites excluding steroid dienone is 4. The first-order valence-electron chi connectivity index (χ1n) is 6.75. The topological polar surface area (TPSA) is 0 Å². The van der Waals surface area contributed by atoms with Gasteiger partial charge in [-0.1, -0.05) is 50.5 Å². The minimum Gasteiger partial charge on any atom is -0.0882 e. The highest BCUT2D eigenvalue weighted by Crippen LogP contribution is 2.43. The molecule has 1 fully saturated rings. The quantitative estimate of drug-likeness (QED) is 0.433. The van der Waals surface area contributed by atoms with Crippen LogP contribution >= 0.6 is 0 Å². The van der Waals surface area contributed by atoms with Crippen LogP contribution in [-0.4, -0.2) is 0 Å². The van der Waals surface area contributed by atoms with E-state index >= 15 is 0 Å². The number of hydrogen-bond donors (Lipinski definition) is 0. The molecule has 2 aliphatic rings. The smallest absolute Gasteiger partial charge is 0.0165 e. The summed E-state index contributed by atoms with van der Waals surface area (Å²) < 4.78 is 0. The molecule has 0 aromatic carbocycles. The van der Waals surface area contributed by atoms with Crippen molar-refractivity contribution >= 4 is 0 Å². The highest BCUT2D eigenvalue weighted by atomic mass is 14.4. The Labute approximate surface area is 94.5 Å². The molecule has 1 saturated carbocycles.